The van der Waals surface area contributed by atoms with Crippen LogP contribution in [-0.4, -0.2) is 36.6 Å². The van der Waals surface area contributed by atoms with E-state index >= 15 is 0 Å². The number of amides is 1. The molecule has 2 aromatic rings. The maximum atomic E-state index is 12.1. The van der Waals surface area contributed by atoms with Crippen LogP contribution in [0, 0.1) is 11.3 Å². The predicted octanol–water partition coefficient (Wildman–Crippen LogP) is 2.00. The van der Waals surface area contributed by atoms with E-state index in [9.17, 15) is 4.79 Å². The molecule has 0 aliphatic heterocycles. The minimum atomic E-state index is -0.166. The molecule has 0 aliphatic rings. The molecule has 0 N–H and O–H groups in total. The van der Waals surface area contributed by atoms with Gasteiger partial charge in [0.1, 0.15) is 0 Å². The second-order valence-electron chi connectivity index (χ2n) is 4.88. The third-order valence-corrected chi connectivity index (χ3v) is 3.21. The molecule has 1 heterocycles. The highest BCUT2D eigenvalue weighted by atomic mass is 16.5. The van der Waals surface area contributed by atoms with Crippen molar-refractivity contribution < 1.29 is 14.3 Å². The summed E-state index contributed by atoms with van der Waals surface area (Å²) < 4.78 is 10.7. The lowest BCUT2D eigenvalue weighted by atomic mass is 10.2. The summed E-state index contributed by atoms with van der Waals surface area (Å²) in [5.74, 6) is 0.682. The molecule has 1 aromatic heterocycles. The molecule has 6 heteroatoms. The topological polar surface area (TPSA) is 75.5 Å². The molecule has 0 unspecified atom stereocenters. The Balaban J connectivity index is 1.95. The van der Waals surface area contributed by atoms with Crippen LogP contribution in [0.2, 0.25) is 0 Å². The largest absolute Gasteiger partial charge is 0.493 e. The van der Waals surface area contributed by atoms with Crippen molar-refractivity contribution in [3.8, 4) is 17.6 Å². The molecular weight excluding hydrogens is 294 g/mol. The van der Waals surface area contributed by atoms with E-state index in [1.807, 2.05) is 18.2 Å². The van der Waals surface area contributed by atoms with Gasteiger partial charge in [-0.05, 0) is 23.8 Å². The Morgan fingerprint density at radius 1 is 1.35 bits per heavy atom. The number of hydrogen-bond acceptors (Lipinski definition) is 5. The summed E-state index contributed by atoms with van der Waals surface area (Å²) in [5, 5.41) is 8.87. The van der Waals surface area contributed by atoms with Gasteiger partial charge in [0, 0.05) is 32.1 Å². The molecule has 0 saturated carbocycles. The minimum absolute atomic E-state index is 0.112. The maximum Gasteiger partial charge on any atom is 0.260 e. The van der Waals surface area contributed by atoms with Crippen molar-refractivity contribution in [2.75, 3.05) is 20.8 Å². The fourth-order valence-electron chi connectivity index (χ4n) is 1.96. The van der Waals surface area contributed by atoms with E-state index in [4.69, 9.17) is 14.7 Å². The molecule has 2 rings (SSSR count). The Morgan fingerprint density at radius 2 is 2.17 bits per heavy atom. The van der Waals surface area contributed by atoms with E-state index in [-0.39, 0.29) is 12.5 Å². The highest BCUT2D eigenvalue weighted by Gasteiger charge is 2.12. The van der Waals surface area contributed by atoms with Crippen LogP contribution in [-0.2, 0) is 11.3 Å². The standard InChI is InChI=1S/C17H17N3O3/c1-20(11-14-4-3-7-19-10-14)17(21)12-23-15-6-5-13(9-18)8-16(15)22-2/h3-8,10H,11-12H2,1-2H3. The number of aromatic nitrogens is 1. The van der Waals surface area contributed by atoms with Gasteiger partial charge in [-0.1, -0.05) is 6.07 Å². The van der Waals surface area contributed by atoms with Gasteiger partial charge in [0.2, 0.25) is 0 Å². The second-order valence-corrected chi connectivity index (χ2v) is 4.88. The molecule has 0 atom stereocenters. The first-order valence-corrected chi connectivity index (χ1v) is 6.98. The van der Waals surface area contributed by atoms with Gasteiger partial charge in [0.25, 0.3) is 5.91 Å². The number of nitriles is 1. The SMILES string of the molecule is COc1cc(C#N)ccc1OCC(=O)N(C)Cc1cccnc1. The van der Waals surface area contributed by atoms with Gasteiger partial charge in [-0.15, -0.1) is 0 Å². The van der Waals surface area contributed by atoms with Gasteiger partial charge in [-0.2, -0.15) is 5.26 Å². The molecule has 6 nitrogen and oxygen atoms in total. The number of likely N-dealkylation sites (N-methyl/N-ethyl adjacent to an activating group) is 1. The molecule has 1 amide bonds. The van der Waals surface area contributed by atoms with Gasteiger partial charge in [0.05, 0.1) is 18.7 Å². The molecule has 0 spiro atoms. The molecule has 0 radical (unpaired) electrons. The summed E-state index contributed by atoms with van der Waals surface area (Å²) in [6, 6.07) is 10.6. The van der Waals surface area contributed by atoms with Crippen LogP contribution >= 0.6 is 0 Å². The van der Waals surface area contributed by atoms with Crippen molar-refractivity contribution in [1.29, 1.82) is 5.26 Å². The highest BCUT2D eigenvalue weighted by molar-refractivity contribution is 5.77. The molecule has 0 aliphatic carbocycles. The Hall–Kier alpha value is -3.07. The fourth-order valence-corrected chi connectivity index (χ4v) is 1.96. The van der Waals surface area contributed by atoms with Crippen LogP contribution in [0.25, 0.3) is 0 Å². The smallest absolute Gasteiger partial charge is 0.260 e. The summed E-state index contributed by atoms with van der Waals surface area (Å²) in [4.78, 5) is 17.7. The lowest BCUT2D eigenvalue weighted by molar-refractivity contribution is -0.132. The van der Waals surface area contributed by atoms with Crippen molar-refractivity contribution in [2.24, 2.45) is 0 Å². The fraction of sp³-hybridized carbons (Fsp3) is 0.235. The average Bonchev–Trinajstić information content (AvgIpc) is 2.60. The van der Waals surface area contributed by atoms with E-state index < -0.39 is 0 Å². The summed E-state index contributed by atoms with van der Waals surface area (Å²) in [5.41, 5.74) is 1.41. The Morgan fingerprint density at radius 3 is 2.83 bits per heavy atom. The van der Waals surface area contributed by atoms with Gasteiger partial charge in [-0.3, -0.25) is 9.78 Å². The number of ether oxygens (including phenoxy) is 2. The Bertz CT molecular complexity index is 711. The molecule has 118 valence electrons. The summed E-state index contributed by atoms with van der Waals surface area (Å²) in [6.07, 6.45) is 3.40. The first-order valence-electron chi connectivity index (χ1n) is 6.98. The third kappa shape index (κ3) is 4.45. The third-order valence-electron chi connectivity index (χ3n) is 3.21. The zero-order chi connectivity index (χ0) is 16.7. The monoisotopic (exact) mass is 311 g/mol. The number of nitrogens with zero attached hydrogens (tertiary/aromatic N) is 3. The quantitative estimate of drug-likeness (QED) is 0.815. The molecular formula is C17H17N3O3. The van der Waals surface area contributed by atoms with Crippen molar-refractivity contribution in [2.45, 2.75) is 6.54 Å². The summed E-state index contributed by atoms with van der Waals surface area (Å²) in [6.45, 7) is 0.347. The number of carbonyl (C=O) groups is 1. The van der Waals surface area contributed by atoms with Crippen LogP contribution in [0.1, 0.15) is 11.1 Å². The lowest BCUT2D eigenvalue weighted by Crippen LogP contribution is -2.31. The lowest BCUT2D eigenvalue weighted by Gasteiger charge is -2.18. The highest BCUT2D eigenvalue weighted by Crippen LogP contribution is 2.27. The molecule has 1 aromatic carbocycles. The molecule has 23 heavy (non-hydrogen) atoms. The first kappa shape index (κ1) is 16.3. The van der Waals surface area contributed by atoms with E-state index in [1.165, 1.54) is 7.11 Å². The van der Waals surface area contributed by atoms with Crippen molar-refractivity contribution >= 4 is 5.91 Å². The Labute approximate surface area is 134 Å². The number of hydrogen-bond donors (Lipinski definition) is 0. The number of benzene rings is 1. The molecule has 0 bridgehead atoms. The number of methoxy groups -OCH3 is 1. The van der Waals surface area contributed by atoms with Gasteiger partial charge in [-0.25, -0.2) is 0 Å². The van der Waals surface area contributed by atoms with E-state index in [1.54, 1.807) is 42.5 Å². The predicted molar refractivity (Wildman–Crippen MR) is 83.9 cm³/mol. The van der Waals surface area contributed by atoms with Crippen LogP contribution in [0.15, 0.2) is 42.7 Å². The van der Waals surface area contributed by atoms with Crippen molar-refractivity contribution in [3.05, 3.63) is 53.9 Å². The first-order chi connectivity index (χ1) is 11.1. The van der Waals surface area contributed by atoms with Crippen LogP contribution in [0.5, 0.6) is 11.5 Å². The normalized spacial score (nSPS) is 9.78. The number of carbonyl (C=O) groups excluding carboxylic acids is 1. The van der Waals surface area contributed by atoms with Crippen LogP contribution < -0.4 is 9.47 Å². The number of pyridine rings is 1. The van der Waals surface area contributed by atoms with Crippen LogP contribution in [0.4, 0.5) is 0 Å². The average molecular weight is 311 g/mol. The minimum Gasteiger partial charge on any atom is -0.493 e. The molecule has 0 saturated heterocycles. The Kier molecular flexibility index (Phi) is 5.53. The zero-order valence-corrected chi connectivity index (χ0v) is 13.0. The van der Waals surface area contributed by atoms with E-state index in [0.29, 0.717) is 23.6 Å². The van der Waals surface area contributed by atoms with Gasteiger partial charge in [0.15, 0.2) is 18.1 Å². The second kappa shape index (κ2) is 7.80. The van der Waals surface area contributed by atoms with Gasteiger partial charge >= 0.3 is 0 Å². The van der Waals surface area contributed by atoms with Crippen molar-refractivity contribution in [3.63, 3.8) is 0 Å². The van der Waals surface area contributed by atoms with E-state index in [0.717, 1.165) is 5.56 Å². The molecule has 0 fully saturated rings. The zero-order valence-electron chi connectivity index (χ0n) is 13.0. The summed E-state index contributed by atoms with van der Waals surface area (Å²) in [7, 11) is 3.19. The summed E-state index contributed by atoms with van der Waals surface area (Å²) >= 11 is 0. The maximum absolute atomic E-state index is 12.1. The van der Waals surface area contributed by atoms with Crippen LogP contribution in [0.3, 0.4) is 0 Å². The van der Waals surface area contributed by atoms with Crippen molar-refractivity contribution in [1.82, 2.24) is 9.88 Å². The number of rotatable bonds is 6. The van der Waals surface area contributed by atoms with E-state index in [2.05, 4.69) is 4.98 Å². The van der Waals surface area contributed by atoms with Gasteiger partial charge < -0.3 is 14.4 Å².